The Labute approximate surface area is 176 Å². The van der Waals surface area contributed by atoms with Crippen LogP contribution in [0.15, 0.2) is 73.5 Å². The standard InChI is InChI=1S/C20H18N6O3S/c1-2-3-11-25(13-18(27)28)16-9-7-14(8-10-16)19(29)21-15-5-4-6-17(12-15)26-20(30)22-23-24-26/h2-12H,1,13H2,(H,21,29)(H,27,28)(H,22,24,30)/b11-3-. The van der Waals surface area contributed by atoms with E-state index in [2.05, 4.69) is 27.4 Å². The highest BCUT2D eigenvalue weighted by Crippen LogP contribution is 2.18. The van der Waals surface area contributed by atoms with Crippen molar-refractivity contribution < 1.29 is 14.7 Å². The number of carbonyl (C=O) groups excluding carboxylic acids is 1. The van der Waals surface area contributed by atoms with Crippen LogP contribution < -0.4 is 10.2 Å². The number of nitrogens with one attached hydrogen (secondary N) is 2. The van der Waals surface area contributed by atoms with Crippen molar-refractivity contribution in [1.82, 2.24) is 20.2 Å². The molecule has 1 amide bonds. The van der Waals surface area contributed by atoms with Gasteiger partial charge in [0.05, 0.1) is 5.69 Å². The van der Waals surface area contributed by atoms with Gasteiger partial charge in [0.2, 0.25) is 4.77 Å². The van der Waals surface area contributed by atoms with Crippen LogP contribution in [0.25, 0.3) is 5.69 Å². The van der Waals surface area contributed by atoms with Crippen molar-refractivity contribution >= 4 is 35.5 Å². The topological polar surface area (TPSA) is 116 Å². The lowest BCUT2D eigenvalue weighted by Gasteiger charge is -2.18. The minimum absolute atomic E-state index is 0.215. The minimum Gasteiger partial charge on any atom is -0.480 e. The number of benzene rings is 2. The molecule has 3 aromatic rings. The first-order valence-electron chi connectivity index (χ1n) is 8.77. The number of hydrogen-bond donors (Lipinski definition) is 3. The van der Waals surface area contributed by atoms with Crippen molar-refractivity contribution in [2.75, 3.05) is 16.8 Å². The highest BCUT2D eigenvalue weighted by Gasteiger charge is 2.11. The van der Waals surface area contributed by atoms with E-state index in [0.29, 0.717) is 22.6 Å². The average Bonchev–Trinajstić information content (AvgIpc) is 3.17. The third-order valence-electron chi connectivity index (χ3n) is 4.00. The Kier molecular flexibility index (Phi) is 6.50. The molecule has 0 radical (unpaired) electrons. The number of anilines is 2. The number of H-pyrrole nitrogens is 1. The zero-order valence-electron chi connectivity index (χ0n) is 15.7. The lowest BCUT2D eigenvalue weighted by atomic mass is 10.1. The van der Waals surface area contributed by atoms with Crippen molar-refractivity contribution in [2.24, 2.45) is 0 Å². The van der Waals surface area contributed by atoms with Crippen molar-refractivity contribution in [3.05, 3.63) is 83.8 Å². The molecule has 0 bridgehead atoms. The molecule has 0 saturated carbocycles. The van der Waals surface area contributed by atoms with Crippen LogP contribution in [0.2, 0.25) is 0 Å². The van der Waals surface area contributed by atoms with Crippen LogP contribution >= 0.6 is 12.2 Å². The van der Waals surface area contributed by atoms with E-state index in [1.54, 1.807) is 66.9 Å². The molecule has 0 aliphatic carbocycles. The number of aliphatic carboxylic acids is 1. The molecule has 0 spiro atoms. The van der Waals surface area contributed by atoms with Gasteiger partial charge < -0.3 is 15.3 Å². The van der Waals surface area contributed by atoms with E-state index < -0.39 is 5.97 Å². The van der Waals surface area contributed by atoms with E-state index in [1.165, 1.54) is 9.58 Å². The molecule has 152 valence electrons. The van der Waals surface area contributed by atoms with Crippen LogP contribution in [0.3, 0.4) is 0 Å². The van der Waals surface area contributed by atoms with E-state index >= 15 is 0 Å². The summed E-state index contributed by atoms with van der Waals surface area (Å²) in [5.74, 6) is -1.28. The molecule has 0 aliphatic rings. The molecule has 0 unspecified atom stereocenters. The minimum atomic E-state index is -0.974. The third kappa shape index (κ3) is 5.06. The zero-order valence-corrected chi connectivity index (χ0v) is 16.5. The highest BCUT2D eigenvalue weighted by atomic mass is 32.1. The number of aromatic nitrogens is 4. The Morgan fingerprint density at radius 2 is 2.03 bits per heavy atom. The predicted octanol–water partition coefficient (Wildman–Crippen LogP) is 3.17. The lowest BCUT2D eigenvalue weighted by molar-refractivity contribution is -0.135. The van der Waals surface area contributed by atoms with Crippen molar-refractivity contribution in [3.8, 4) is 5.69 Å². The molecule has 3 rings (SSSR count). The van der Waals surface area contributed by atoms with Gasteiger partial charge in [0.25, 0.3) is 5.91 Å². The predicted molar refractivity (Wildman–Crippen MR) is 115 cm³/mol. The first-order chi connectivity index (χ1) is 14.5. The van der Waals surface area contributed by atoms with E-state index in [-0.39, 0.29) is 17.2 Å². The van der Waals surface area contributed by atoms with Crippen molar-refractivity contribution in [2.45, 2.75) is 0 Å². The molecule has 0 atom stereocenters. The summed E-state index contributed by atoms with van der Waals surface area (Å²) in [6, 6.07) is 13.7. The second kappa shape index (κ2) is 9.43. The molecule has 1 aromatic heterocycles. The monoisotopic (exact) mass is 422 g/mol. The van der Waals surface area contributed by atoms with Gasteiger partial charge in [0, 0.05) is 23.1 Å². The molecule has 30 heavy (non-hydrogen) atoms. The van der Waals surface area contributed by atoms with Gasteiger partial charge in [-0.25, -0.2) is 4.68 Å². The Morgan fingerprint density at radius 1 is 1.27 bits per heavy atom. The fourth-order valence-corrected chi connectivity index (χ4v) is 2.82. The normalized spacial score (nSPS) is 10.7. The van der Waals surface area contributed by atoms with Gasteiger partial charge in [-0.15, -0.1) is 0 Å². The van der Waals surface area contributed by atoms with Gasteiger partial charge >= 0.3 is 5.97 Å². The Bertz CT molecular complexity index is 1150. The zero-order chi connectivity index (χ0) is 21.5. The van der Waals surface area contributed by atoms with E-state index in [0.717, 1.165) is 0 Å². The number of carbonyl (C=O) groups is 2. The fourth-order valence-electron chi connectivity index (χ4n) is 2.64. The smallest absolute Gasteiger partial charge is 0.323 e. The maximum atomic E-state index is 12.6. The number of amides is 1. The molecular weight excluding hydrogens is 404 g/mol. The molecule has 9 nitrogen and oxygen atoms in total. The molecule has 0 saturated heterocycles. The number of nitrogens with zero attached hydrogens (tertiary/aromatic N) is 4. The number of aromatic amines is 1. The summed E-state index contributed by atoms with van der Waals surface area (Å²) in [7, 11) is 0. The summed E-state index contributed by atoms with van der Waals surface area (Å²) in [5, 5.41) is 21.9. The van der Waals surface area contributed by atoms with E-state index in [9.17, 15) is 9.59 Å². The third-order valence-corrected chi connectivity index (χ3v) is 4.27. The van der Waals surface area contributed by atoms with Gasteiger partial charge in [-0.2, -0.15) is 5.21 Å². The maximum absolute atomic E-state index is 12.6. The van der Waals surface area contributed by atoms with Crippen molar-refractivity contribution in [1.29, 1.82) is 0 Å². The number of carboxylic acid groups (broad SMARTS) is 1. The summed E-state index contributed by atoms with van der Waals surface area (Å²) in [5.41, 5.74) is 2.30. The quantitative estimate of drug-likeness (QED) is 0.377. The Morgan fingerprint density at radius 3 is 2.67 bits per heavy atom. The summed E-state index contributed by atoms with van der Waals surface area (Å²) in [6.45, 7) is 3.37. The number of hydrogen-bond acceptors (Lipinski definition) is 6. The summed E-state index contributed by atoms with van der Waals surface area (Å²) < 4.78 is 1.78. The molecular formula is C20H18N6O3S. The molecule has 1 heterocycles. The number of carboxylic acids is 1. The SMILES string of the molecule is C=C/C=C\N(CC(=O)O)c1ccc(C(=O)Nc2cccc(-n3[nH]nnc3=S)c2)cc1. The number of tetrazole rings is 1. The van der Waals surface area contributed by atoms with Gasteiger partial charge in [-0.3, -0.25) is 9.59 Å². The van der Waals surface area contributed by atoms with Crippen LogP contribution in [0.5, 0.6) is 0 Å². The van der Waals surface area contributed by atoms with Crippen LogP contribution in [0, 0.1) is 4.77 Å². The Hall–Kier alpha value is -4.05. The second-order valence-electron chi connectivity index (χ2n) is 6.07. The van der Waals surface area contributed by atoms with Gasteiger partial charge in [0.1, 0.15) is 6.54 Å². The highest BCUT2D eigenvalue weighted by molar-refractivity contribution is 7.71. The molecule has 3 N–H and O–H groups in total. The van der Waals surface area contributed by atoms with Crippen LogP contribution in [-0.4, -0.2) is 43.7 Å². The Balaban J connectivity index is 1.75. The number of allylic oxidation sites excluding steroid dienone is 2. The number of rotatable bonds is 8. The summed E-state index contributed by atoms with van der Waals surface area (Å²) >= 11 is 5.08. The lowest BCUT2D eigenvalue weighted by Crippen LogP contribution is -2.24. The van der Waals surface area contributed by atoms with Crippen LogP contribution in [0.1, 0.15) is 10.4 Å². The van der Waals surface area contributed by atoms with Gasteiger partial charge in [0.15, 0.2) is 0 Å². The molecule has 10 heteroatoms. The maximum Gasteiger partial charge on any atom is 0.323 e. The van der Waals surface area contributed by atoms with Crippen molar-refractivity contribution in [3.63, 3.8) is 0 Å². The first-order valence-corrected chi connectivity index (χ1v) is 9.18. The summed E-state index contributed by atoms with van der Waals surface area (Å²) in [4.78, 5) is 25.2. The fraction of sp³-hybridized carbons (Fsp3) is 0.0500. The van der Waals surface area contributed by atoms with E-state index in [4.69, 9.17) is 17.3 Å². The largest absolute Gasteiger partial charge is 0.480 e. The molecule has 0 aliphatic heterocycles. The molecule has 2 aromatic carbocycles. The van der Waals surface area contributed by atoms with Crippen LogP contribution in [0.4, 0.5) is 11.4 Å². The molecule has 0 fully saturated rings. The summed E-state index contributed by atoms with van der Waals surface area (Å²) in [6.07, 6.45) is 4.80. The average molecular weight is 422 g/mol. The van der Waals surface area contributed by atoms with Crippen LogP contribution in [-0.2, 0) is 4.79 Å². The van der Waals surface area contributed by atoms with Gasteiger partial charge in [-0.05, 0) is 60.8 Å². The first kappa shape index (κ1) is 20.7. The second-order valence-corrected chi connectivity index (χ2v) is 6.43. The van der Waals surface area contributed by atoms with E-state index in [1.807, 2.05) is 0 Å². The van der Waals surface area contributed by atoms with Gasteiger partial charge in [-0.1, -0.05) is 29.0 Å².